The van der Waals surface area contributed by atoms with E-state index in [0.29, 0.717) is 29.1 Å². The van der Waals surface area contributed by atoms with Crippen molar-refractivity contribution in [3.05, 3.63) is 19.6 Å². The first kappa shape index (κ1) is 28.5. The first-order valence-electron chi connectivity index (χ1n) is 13.6. The zero-order valence-electron chi connectivity index (χ0n) is 25.5. The third kappa shape index (κ3) is 11.8. The molecule has 0 radical (unpaired) electrons. The van der Waals surface area contributed by atoms with Gasteiger partial charge in [-0.05, 0) is 44.3 Å². The standard InChI is InChI=1S/C13H20O4S2.C12H17NO3S2/c1-4-9(14)7-5-6-8-10(15)11(18-2)12(19-3)13(16)17;1-4-8(14)6-5-7-13-11(15)9(17-2)10(18-3)12(13)16/h4-8H2,1-3H3,(H,16,17);4-7H2,1-3H3/b12-11-;/i2*1TD. The normalized spacial score (nSPS) is 17.0. The fraction of sp³-hybridized carbons (Fsp3) is 0.600. The van der Waals surface area contributed by atoms with Crippen molar-refractivity contribution in [1.82, 2.24) is 4.90 Å². The number of Topliss-reactive ketones (excluding diaryl/α,β-unsaturated/α-hetero) is 3. The van der Waals surface area contributed by atoms with Crippen LogP contribution in [0.4, 0.5) is 0 Å². The fourth-order valence-corrected chi connectivity index (χ4v) is 6.26. The lowest BCUT2D eigenvalue weighted by atomic mass is 10.1. The molecule has 0 spiro atoms. The molecule has 1 rings (SSSR count). The number of amides is 2. The van der Waals surface area contributed by atoms with E-state index in [1.165, 1.54) is 28.4 Å². The topological polar surface area (TPSA) is 126 Å². The van der Waals surface area contributed by atoms with Crippen LogP contribution in [0.2, 0.25) is 0 Å². The van der Waals surface area contributed by atoms with Crippen molar-refractivity contribution in [3.63, 3.8) is 0 Å². The van der Waals surface area contributed by atoms with Gasteiger partial charge in [-0.1, -0.05) is 13.8 Å². The number of carboxylic acids is 1. The van der Waals surface area contributed by atoms with Crippen molar-refractivity contribution in [2.24, 2.45) is 0 Å². The fourth-order valence-electron chi connectivity index (χ4n) is 3.06. The predicted octanol–water partition coefficient (Wildman–Crippen LogP) is 5.17. The number of allylic oxidation sites excluding steroid dienone is 1. The molecule has 0 aliphatic carbocycles. The second-order valence-electron chi connectivity index (χ2n) is 7.42. The Labute approximate surface area is 242 Å². The molecule has 1 heterocycles. The highest BCUT2D eigenvalue weighted by atomic mass is 32.2. The summed E-state index contributed by atoms with van der Waals surface area (Å²) < 4.78 is 27.9. The molecule has 0 saturated heterocycles. The van der Waals surface area contributed by atoms with Gasteiger partial charge in [-0.15, -0.1) is 47.0 Å². The van der Waals surface area contributed by atoms with Crippen LogP contribution in [-0.4, -0.2) is 76.7 Å². The van der Waals surface area contributed by atoms with E-state index in [9.17, 15) is 28.8 Å². The Hall–Kier alpha value is -1.50. The van der Waals surface area contributed by atoms with Crippen molar-refractivity contribution in [3.8, 4) is 0 Å². The molecule has 0 fully saturated rings. The van der Waals surface area contributed by atoms with E-state index in [1.807, 2.05) is 0 Å². The Morgan fingerprint density at radius 1 is 0.811 bits per heavy atom. The van der Waals surface area contributed by atoms with Crippen LogP contribution in [0.1, 0.15) is 70.6 Å². The second-order valence-corrected chi connectivity index (χ2v) is 10.7. The summed E-state index contributed by atoms with van der Waals surface area (Å²) in [5.74, 6) is -2.24. The van der Waals surface area contributed by atoms with Gasteiger partial charge in [0.25, 0.3) is 11.8 Å². The van der Waals surface area contributed by atoms with E-state index in [-0.39, 0.29) is 77.6 Å². The quantitative estimate of drug-likeness (QED) is 0.136. The average Bonchev–Trinajstić information content (AvgIpc) is 3.12. The van der Waals surface area contributed by atoms with Gasteiger partial charge in [0.05, 0.1) is 14.7 Å². The first-order valence-corrected chi connectivity index (χ1v) is 16.1. The number of thioether (sulfide) groups is 4. The van der Waals surface area contributed by atoms with E-state index < -0.39 is 19.7 Å². The van der Waals surface area contributed by atoms with Gasteiger partial charge in [0.2, 0.25) is 0 Å². The molecular weight excluding hydrogens is 555 g/mol. The summed E-state index contributed by atoms with van der Waals surface area (Å²) in [6.45, 7) is -2.08. The number of imide groups is 1. The Bertz CT molecular complexity index is 1010. The minimum absolute atomic E-state index is 0.0508. The molecule has 2 atom stereocenters. The molecule has 208 valence electrons. The van der Waals surface area contributed by atoms with Crippen LogP contribution in [-0.2, 0) is 28.8 Å². The van der Waals surface area contributed by atoms with E-state index in [4.69, 9.17) is 10.6 Å². The first-order chi connectivity index (χ1) is 19.2. The highest BCUT2D eigenvalue weighted by Crippen LogP contribution is 2.34. The molecule has 2 unspecified atom stereocenters. The molecule has 37 heavy (non-hydrogen) atoms. The Balaban J connectivity index is 0.000000781. The second kappa shape index (κ2) is 19.6. The number of rotatable bonds is 17. The summed E-state index contributed by atoms with van der Waals surface area (Å²) in [6.07, 6.45) is 8.64. The number of carbonyl (C=O) groups excluding carboxylic acids is 5. The Kier molecular flexibility index (Phi) is 15.1. The summed E-state index contributed by atoms with van der Waals surface area (Å²) in [6, 6.07) is 0. The van der Waals surface area contributed by atoms with E-state index in [0.717, 1.165) is 23.5 Å². The average molecular weight is 598 g/mol. The molecule has 1 aliphatic heterocycles. The van der Waals surface area contributed by atoms with E-state index in [2.05, 4.69) is 0 Å². The third-order valence-electron chi connectivity index (χ3n) is 4.96. The zero-order valence-corrected chi connectivity index (χ0v) is 24.8. The maximum atomic E-state index is 12.0. The summed E-state index contributed by atoms with van der Waals surface area (Å²) in [7, 11) is 0. The monoisotopic (exact) mass is 597 g/mol. The number of ketones is 3. The maximum Gasteiger partial charge on any atom is 0.343 e. The molecule has 0 aromatic carbocycles. The van der Waals surface area contributed by atoms with Gasteiger partial charge in [-0.2, -0.15) is 0 Å². The number of nitrogens with zero attached hydrogens (tertiary/aromatic N) is 1. The summed E-state index contributed by atoms with van der Waals surface area (Å²) in [5.41, 5.74) is 0. The van der Waals surface area contributed by atoms with E-state index in [1.54, 1.807) is 25.0 Å². The predicted molar refractivity (Wildman–Crippen MR) is 156 cm³/mol. The summed E-state index contributed by atoms with van der Waals surface area (Å²) in [5, 5.41) is 9.03. The van der Waals surface area contributed by atoms with Crippen LogP contribution in [0.5, 0.6) is 0 Å². The minimum atomic E-state index is -1.15. The van der Waals surface area contributed by atoms with Gasteiger partial charge in [0.1, 0.15) is 16.5 Å². The van der Waals surface area contributed by atoms with Crippen molar-refractivity contribution < 1.29 is 39.4 Å². The van der Waals surface area contributed by atoms with E-state index >= 15 is 0 Å². The Morgan fingerprint density at radius 3 is 1.68 bits per heavy atom. The lowest BCUT2D eigenvalue weighted by Crippen LogP contribution is -2.32. The molecule has 0 saturated carbocycles. The van der Waals surface area contributed by atoms with Crippen LogP contribution >= 0.6 is 47.0 Å². The van der Waals surface area contributed by atoms with Crippen molar-refractivity contribution >= 4 is 82.2 Å². The molecule has 8 nitrogen and oxygen atoms in total. The molecule has 1 N–H and O–H groups in total. The number of aliphatic carboxylic acids is 1. The van der Waals surface area contributed by atoms with Crippen molar-refractivity contribution in [2.75, 3.05) is 31.6 Å². The van der Waals surface area contributed by atoms with Crippen LogP contribution in [0, 0.1) is 0 Å². The third-order valence-corrected chi connectivity index (χ3v) is 8.42. The number of carboxylic acid groups (broad SMARTS) is 1. The lowest BCUT2D eigenvalue weighted by Gasteiger charge is -2.14. The number of hydrogen-bond acceptors (Lipinski definition) is 10. The maximum absolute atomic E-state index is 12.0. The number of hydrogen-bond donors (Lipinski definition) is 1. The van der Waals surface area contributed by atoms with Crippen molar-refractivity contribution in [2.45, 2.75) is 65.1 Å². The Morgan fingerprint density at radius 2 is 1.27 bits per heavy atom. The lowest BCUT2D eigenvalue weighted by molar-refractivity contribution is -0.137. The highest BCUT2D eigenvalue weighted by molar-refractivity contribution is 8.07. The summed E-state index contributed by atoms with van der Waals surface area (Å²) in [4.78, 5) is 72.2. The van der Waals surface area contributed by atoms with Gasteiger partial charge in [0.15, 0.2) is 5.78 Å². The van der Waals surface area contributed by atoms with Gasteiger partial charge in [-0.25, -0.2) is 4.79 Å². The van der Waals surface area contributed by atoms with Crippen LogP contribution in [0.25, 0.3) is 0 Å². The molecule has 0 aromatic rings. The van der Waals surface area contributed by atoms with Gasteiger partial charge in [-0.3, -0.25) is 28.9 Å². The van der Waals surface area contributed by atoms with Gasteiger partial charge >= 0.3 is 5.97 Å². The van der Waals surface area contributed by atoms with Gasteiger partial charge in [0, 0.05) is 44.1 Å². The largest absolute Gasteiger partial charge is 0.477 e. The number of unbranched alkanes of at least 4 members (excludes halogenated alkanes) is 1. The molecule has 2 amide bonds. The highest BCUT2D eigenvalue weighted by Gasteiger charge is 2.37. The molecule has 0 bridgehead atoms. The van der Waals surface area contributed by atoms with Crippen molar-refractivity contribution in [1.29, 1.82) is 0 Å². The van der Waals surface area contributed by atoms with Gasteiger partial charge < -0.3 is 5.11 Å². The zero-order chi connectivity index (χ0) is 31.7. The molecule has 12 heteroatoms. The molecular formula is C25H37NO7S4. The smallest absolute Gasteiger partial charge is 0.343 e. The number of carbonyl (C=O) groups is 6. The van der Waals surface area contributed by atoms with Crippen LogP contribution in [0.15, 0.2) is 19.6 Å². The SMILES string of the molecule is [2H]C([3H])CC(=O)CCCCC(=O)/C(SC)=C(/SC)C(=O)O.[2H]C([3H])CC(=O)CCCN1C(=O)C(SC)=C(SC)C1=O. The molecule has 1 aliphatic rings. The molecule has 0 aromatic heterocycles. The van der Waals surface area contributed by atoms with Crippen LogP contribution < -0.4 is 0 Å². The summed E-state index contributed by atoms with van der Waals surface area (Å²) >= 11 is 4.67. The van der Waals surface area contributed by atoms with Crippen LogP contribution in [0.3, 0.4) is 0 Å². The minimum Gasteiger partial charge on any atom is -0.477 e.